The van der Waals surface area contributed by atoms with E-state index in [0.717, 1.165) is 42.8 Å². The fourth-order valence-electron chi connectivity index (χ4n) is 3.90. The van der Waals surface area contributed by atoms with Gasteiger partial charge in [-0.05, 0) is 37.7 Å². The normalized spacial score (nSPS) is 19.4. The highest BCUT2D eigenvalue weighted by Gasteiger charge is 2.28. The lowest BCUT2D eigenvalue weighted by Gasteiger charge is -2.29. The molecule has 0 bridgehead atoms. The zero-order valence-electron chi connectivity index (χ0n) is 17.4. The Morgan fingerprint density at radius 3 is 2.31 bits per heavy atom. The van der Waals surface area contributed by atoms with E-state index in [1.54, 1.807) is 9.80 Å². The van der Waals surface area contributed by atoms with Gasteiger partial charge in [0.05, 0.1) is 6.54 Å². The lowest BCUT2D eigenvalue weighted by atomic mass is 9.99. The smallest absolute Gasteiger partial charge is 0.270 e. The van der Waals surface area contributed by atoms with Gasteiger partial charge in [-0.2, -0.15) is 4.31 Å². The van der Waals surface area contributed by atoms with Crippen LogP contribution in [0.15, 0.2) is 17.2 Å². The molecule has 162 valence electrons. The highest BCUT2D eigenvalue weighted by atomic mass is 32.2. The Morgan fingerprint density at radius 1 is 1.07 bits per heavy atom. The van der Waals surface area contributed by atoms with Crippen molar-refractivity contribution in [2.75, 3.05) is 39.8 Å². The molecule has 9 heteroatoms. The molecule has 0 saturated carbocycles. The maximum atomic E-state index is 12.9. The van der Waals surface area contributed by atoms with Gasteiger partial charge in [-0.25, -0.2) is 8.42 Å². The number of hydrogen-bond donors (Lipinski definition) is 1. The molecule has 3 heterocycles. The van der Waals surface area contributed by atoms with Crippen LogP contribution < -0.4 is 0 Å². The Kier molecular flexibility index (Phi) is 7.00. The van der Waals surface area contributed by atoms with Crippen molar-refractivity contribution in [2.24, 2.45) is 5.92 Å². The number of hydrogen-bond acceptors (Lipinski definition) is 4. The van der Waals surface area contributed by atoms with Crippen LogP contribution in [-0.2, 0) is 14.8 Å². The molecule has 1 N–H and O–H groups in total. The van der Waals surface area contributed by atoms with Crippen LogP contribution in [0.3, 0.4) is 0 Å². The summed E-state index contributed by atoms with van der Waals surface area (Å²) in [6.07, 6.45) is 7.38. The molecule has 0 aliphatic carbocycles. The second-order valence-corrected chi connectivity index (χ2v) is 10.3. The number of likely N-dealkylation sites (N-methyl/N-ethyl adjacent to an activating group) is 1. The fraction of sp³-hybridized carbons (Fsp3) is 0.700. The molecule has 0 aromatic carbocycles. The van der Waals surface area contributed by atoms with Gasteiger partial charge in [0.15, 0.2) is 0 Å². The average Bonchev–Trinajstić information content (AvgIpc) is 3.04. The molecule has 8 nitrogen and oxygen atoms in total. The molecule has 1 aromatic heterocycles. The van der Waals surface area contributed by atoms with Crippen molar-refractivity contribution in [3.05, 3.63) is 18.0 Å². The van der Waals surface area contributed by atoms with Crippen LogP contribution >= 0.6 is 0 Å². The summed E-state index contributed by atoms with van der Waals surface area (Å²) >= 11 is 0. The van der Waals surface area contributed by atoms with Crippen molar-refractivity contribution in [1.29, 1.82) is 0 Å². The van der Waals surface area contributed by atoms with Crippen LogP contribution in [0.1, 0.15) is 55.9 Å². The van der Waals surface area contributed by atoms with Crippen molar-refractivity contribution in [3.8, 4) is 0 Å². The third-order valence-electron chi connectivity index (χ3n) is 5.98. The van der Waals surface area contributed by atoms with Crippen molar-refractivity contribution < 1.29 is 18.0 Å². The zero-order chi connectivity index (χ0) is 21.0. The van der Waals surface area contributed by atoms with E-state index >= 15 is 0 Å². The quantitative estimate of drug-likeness (QED) is 0.781. The molecule has 2 aliphatic heterocycles. The third kappa shape index (κ3) is 5.19. The zero-order valence-corrected chi connectivity index (χ0v) is 18.2. The minimum atomic E-state index is -3.85. The summed E-state index contributed by atoms with van der Waals surface area (Å²) in [5.41, 5.74) is 0.269. The number of likely N-dealkylation sites (tertiary alicyclic amines) is 2. The minimum absolute atomic E-state index is 0.0115. The maximum absolute atomic E-state index is 12.9. The summed E-state index contributed by atoms with van der Waals surface area (Å²) in [7, 11) is -2.44. The number of aromatic nitrogens is 1. The number of carbonyl (C=O) groups is 2. The molecule has 29 heavy (non-hydrogen) atoms. The number of piperidine rings is 1. The average molecular weight is 425 g/mol. The molecule has 2 fully saturated rings. The van der Waals surface area contributed by atoms with E-state index in [-0.39, 0.29) is 28.9 Å². The number of nitrogens with one attached hydrogen (secondary N) is 1. The van der Waals surface area contributed by atoms with Gasteiger partial charge in [-0.3, -0.25) is 9.59 Å². The Hall–Kier alpha value is -1.87. The lowest BCUT2D eigenvalue weighted by Crippen LogP contribution is -2.41. The van der Waals surface area contributed by atoms with Crippen molar-refractivity contribution in [3.63, 3.8) is 0 Å². The second kappa shape index (κ2) is 9.30. The summed E-state index contributed by atoms with van der Waals surface area (Å²) in [6.45, 7) is 4.72. The minimum Gasteiger partial charge on any atom is -0.356 e. The summed E-state index contributed by atoms with van der Waals surface area (Å²) in [5.74, 6) is 0.253. The lowest BCUT2D eigenvalue weighted by molar-refractivity contribution is -0.131. The maximum Gasteiger partial charge on any atom is 0.270 e. The van der Waals surface area contributed by atoms with E-state index in [1.165, 1.54) is 19.3 Å². The number of amides is 2. The third-order valence-corrected chi connectivity index (χ3v) is 7.76. The van der Waals surface area contributed by atoms with Crippen LogP contribution in [0.2, 0.25) is 0 Å². The standard InChI is InChI=1S/C20H32N4O4S/c1-16-7-11-24(12-8-16)20(26)18-13-17(14-21-18)29(27,28)22(2)15-19(25)23-9-5-3-4-6-10-23/h13-14,16,21H,3-12,15H2,1-2H3. The van der Waals surface area contributed by atoms with Crippen LogP contribution in [0.25, 0.3) is 0 Å². The Bertz CT molecular complexity index is 819. The summed E-state index contributed by atoms with van der Waals surface area (Å²) in [4.78, 5) is 31.5. The molecular weight excluding hydrogens is 392 g/mol. The first-order chi connectivity index (χ1) is 13.8. The first-order valence-corrected chi connectivity index (χ1v) is 11.9. The van der Waals surface area contributed by atoms with Crippen LogP contribution in [0.5, 0.6) is 0 Å². The van der Waals surface area contributed by atoms with Gasteiger partial charge < -0.3 is 14.8 Å². The highest BCUT2D eigenvalue weighted by molar-refractivity contribution is 7.89. The summed E-state index contributed by atoms with van der Waals surface area (Å²) < 4.78 is 26.8. The van der Waals surface area contributed by atoms with E-state index in [0.29, 0.717) is 32.1 Å². The number of H-pyrrole nitrogens is 1. The summed E-state index contributed by atoms with van der Waals surface area (Å²) in [6, 6.07) is 1.38. The Labute approximate surface area is 173 Å². The predicted molar refractivity (Wildman–Crippen MR) is 110 cm³/mol. The molecule has 1 aromatic rings. The van der Waals surface area contributed by atoms with Gasteiger partial charge in [-0.15, -0.1) is 0 Å². The molecule has 0 radical (unpaired) electrons. The molecular formula is C20H32N4O4S. The van der Waals surface area contributed by atoms with Gasteiger partial charge in [0.25, 0.3) is 5.91 Å². The van der Waals surface area contributed by atoms with E-state index in [4.69, 9.17) is 0 Å². The molecule has 0 unspecified atom stereocenters. The SMILES string of the molecule is CC1CCN(C(=O)c2cc(S(=O)(=O)N(C)CC(=O)N3CCCCCC3)c[nH]2)CC1. The number of sulfonamides is 1. The van der Waals surface area contributed by atoms with E-state index in [9.17, 15) is 18.0 Å². The predicted octanol–water partition coefficient (Wildman–Crippen LogP) is 1.91. The van der Waals surface area contributed by atoms with E-state index in [1.807, 2.05) is 0 Å². The van der Waals surface area contributed by atoms with Gasteiger partial charge >= 0.3 is 0 Å². The van der Waals surface area contributed by atoms with Gasteiger partial charge in [0.1, 0.15) is 10.6 Å². The molecule has 2 aliphatic rings. The second-order valence-electron chi connectivity index (χ2n) is 8.28. The number of carbonyl (C=O) groups excluding carboxylic acids is 2. The van der Waals surface area contributed by atoms with E-state index in [2.05, 4.69) is 11.9 Å². The largest absolute Gasteiger partial charge is 0.356 e. The number of nitrogens with zero attached hydrogens (tertiary/aromatic N) is 3. The highest BCUT2D eigenvalue weighted by Crippen LogP contribution is 2.21. The molecule has 2 saturated heterocycles. The van der Waals surface area contributed by atoms with Crippen molar-refractivity contribution in [1.82, 2.24) is 19.1 Å². The van der Waals surface area contributed by atoms with Crippen LogP contribution in [0, 0.1) is 5.92 Å². The first kappa shape index (κ1) is 21.8. The summed E-state index contributed by atoms with van der Waals surface area (Å²) in [5, 5.41) is 0. The first-order valence-electron chi connectivity index (χ1n) is 10.5. The number of aromatic amines is 1. The van der Waals surface area contributed by atoms with Crippen LogP contribution in [0.4, 0.5) is 0 Å². The topological polar surface area (TPSA) is 93.8 Å². The van der Waals surface area contributed by atoms with Crippen molar-refractivity contribution in [2.45, 2.75) is 50.3 Å². The Balaban J connectivity index is 1.64. The van der Waals surface area contributed by atoms with E-state index < -0.39 is 10.0 Å². The Morgan fingerprint density at radius 2 is 1.69 bits per heavy atom. The van der Waals surface area contributed by atoms with Gasteiger partial charge in [0, 0.05) is 39.4 Å². The molecule has 3 rings (SSSR count). The fourth-order valence-corrected chi connectivity index (χ4v) is 5.02. The molecule has 2 amide bonds. The van der Waals surface area contributed by atoms with Crippen LogP contribution in [-0.4, -0.2) is 79.1 Å². The number of rotatable bonds is 5. The monoisotopic (exact) mass is 424 g/mol. The molecule has 0 spiro atoms. The van der Waals surface area contributed by atoms with Gasteiger partial charge in [0.2, 0.25) is 15.9 Å². The van der Waals surface area contributed by atoms with Gasteiger partial charge in [-0.1, -0.05) is 19.8 Å². The van der Waals surface area contributed by atoms with Crippen molar-refractivity contribution >= 4 is 21.8 Å². The molecule has 0 atom stereocenters.